The summed E-state index contributed by atoms with van der Waals surface area (Å²) < 4.78 is 0. The Bertz CT molecular complexity index is 594. The van der Waals surface area contributed by atoms with Gasteiger partial charge in [-0.05, 0) is 79.9 Å². The van der Waals surface area contributed by atoms with Gasteiger partial charge in [-0.2, -0.15) is 5.26 Å². The maximum atomic E-state index is 8.51. The molecular formula is C22H27N. The summed E-state index contributed by atoms with van der Waals surface area (Å²) in [7, 11) is 0. The van der Waals surface area contributed by atoms with Gasteiger partial charge in [-0.1, -0.05) is 37.8 Å². The maximum absolute atomic E-state index is 8.51. The molecule has 23 heavy (non-hydrogen) atoms. The van der Waals surface area contributed by atoms with Crippen molar-refractivity contribution in [2.75, 3.05) is 0 Å². The molecule has 0 aromatic heterocycles. The van der Waals surface area contributed by atoms with Crippen LogP contribution in [-0.4, -0.2) is 0 Å². The Morgan fingerprint density at radius 3 is 1.96 bits per heavy atom. The Labute approximate surface area is 141 Å². The summed E-state index contributed by atoms with van der Waals surface area (Å²) in [6, 6.07) is 10.4. The molecule has 0 saturated heterocycles. The van der Waals surface area contributed by atoms with Crippen LogP contribution in [0.5, 0.6) is 0 Å². The topological polar surface area (TPSA) is 23.8 Å². The summed E-state index contributed by atoms with van der Waals surface area (Å²) in [5.74, 6) is 9.02. The molecule has 1 heteroatoms. The lowest BCUT2D eigenvalue weighted by molar-refractivity contribution is 0.165. The van der Waals surface area contributed by atoms with Crippen LogP contribution < -0.4 is 0 Å². The fourth-order valence-electron chi connectivity index (χ4n) is 4.62. The highest BCUT2D eigenvalue weighted by atomic mass is 14.4. The van der Waals surface area contributed by atoms with E-state index in [0.717, 1.165) is 29.2 Å². The molecular weight excluding hydrogens is 278 g/mol. The summed E-state index contributed by atoms with van der Waals surface area (Å²) in [6.07, 6.45) is 11.4. The van der Waals surface area contributed by atoms with Gasteiger partial charge >= 0.3 is 0 Å². The standard InChI is InChI=1S/C22H27N/c1-17-4-8-19(9-5-17)21-12-14-22(15-13-21)20-10-6-18(7-11-20)3-2-16-23/h6-7,10-11,17,19,21-22H,4-5,8-9,12-15H2,1H3. The highest BCUT2D eigenvalue weighted by Crippen LogP contribution is 2.43. The van der Waals surface area contributed by atoms with Crippen LogP contribution in [-0.2, 0) is 0 Å². The van der Waals surface area contributed by atoms with E-state index >= 15 is 0 Å². The maximum Gasteiger partial charge on any atom is 0.152 e. The van der Waals surface area contributed by atoms with Crippen molar-refractivity contribution in [3.8, 4) is 17.9 Å². The number of benzene rings is 1. The van der Waals surface area contributed by atoms with Crippen LogP contribution >= 0.6 is 0 Å². The Morgan fingerprint density at radius 2 is 1.39 bits per heavy atom. The third-order valence-corrected chi connectivity index (χ3v) is 6.14. The zero-order valence-corrected chi connectivity index (χ0v) is 14.2. The highest BCUT2D eigenvalue weighted by molar-refractivity contribution is 5.39. The van der Waals surface area contributed by atoms with E-state index < -0.39 is 0 Å². The van der Waals surface area contributed by atoms with E-state index in [9.17, 15) is 0 Å². The monoisotopic (exact) mass is 305 g/mol. The van der Waals surface area contributed by atoms with Crippen LogP contribution in [0.15, 0.2) is 24.3 Å². The van der Waals surface area contributed by atoms with Gasteiger partial charge in [0, 0.05) is 11.5 Å². The number of nitrogens with zero attached hydrogens (tertiary/aromatic N) is 1. The first-order valence-corrected chi connectivity index (χ1v) is 9.26. The summed E-state index contributed by atoms with van der Waals surface area (Å²) in [5, 5.41) is 8.51. The van der Waals surface area contributed by atoms with Crippen molar-refractivity contribution in [2.24, 2.45) is 17.8 Å². The number of rotatable bonds is 2. The largest absolute Gasteiger partial charge is 0.183 e. The van der Waals surface area contributed by atoms with E-state index in [1.165, 1.54) is 56.9 Å². The molecule has 0 aliphatic heterocycles. The fourth-order valence-corrected chi connectivity index (χ4v) is 4.62. The zero-order chi connectivity index (χ0) is 16.1. The summed E-state index contributed by atoms with van der Waals surface area (Å²) >= 11 is 0. The van der Waals surface area contributed by atoms with Crippen LogP contribution in [0.25, 0.3) is 0 Å². The summed E-state index contributed by atoms with van der Waals surface area (Å²) in [5.41, 5.74) is 2.41. The van der Waals surface area contributed by atoms with E-state index in [1.54, 1.807) is 0 Å². The molecule has 0 unspecified atom stereocenters. The predicted octanol–water partition coefficient (Wildman–Crippen LogP) is 5.66. The van der Waals surface area contributed by atoms with Gasteiger partial charge in [0.15, 0.2) is 6.07 Å². The lowest BCUT2D eigenvalue weighted by Crippen LogP contribution is -2.24. The smallest absolute Gasteiger partial charge is 0.152 e. The molecule has 2 aliphatic carbocycles. The first-order valence-electron chi connectivity index (χ1n) is 9.26. The van der Waals surface area contributed by atoms with Crippen LogP contribution in [0.4, 0.5) is 0 Å². The molecule has 0 radical (unpaired) electrons. The average molecular weight is 305 g/mol. The third-order valence-electron chi connectivity index (χ3n) is 6.14. The van der Waals surface area contributed by atoms with E-state index in [-0.39, 0.29) is 0 Å². The van der Waals surface area contributed by atoms with Crippen LogP contribution in [0, 0.1) is 40.9 Å². The summed E-state index contributed by atoms with van der Waals surface area (Å²) in [6.45, 7) is 2.41. The number of hydrogen-bond acceptors (Lipinski definition) is 1. The van der Waals surface area contributed by atoms with Gasteiger partial charge in [-0.3, -0.25) is 0 Å². The van der Waals surface area contributed by atoms with Gasteiger partial charge in [-0.15, -0.1) is 0 Å². The third kappa shape index (κ3) is 4.17. The number of nitriles is 1. The Morgan fingerprint density at radius 1 is 0.826 bits per heavy atom. The van der Waals surface area contributed by atoms with Gasteiger partial charge in [-0.25, -0.2) is 0 Å². The molecule has 1 nitrogen and oxygen atoms in total. The fraction of sp³-hybridized carbons (Fsp3) is 0.591. The zero-order valence-electron chi connectivity index (χ0n) is 14.2. The van der Waals surface area contributed by atoms with Crippen molar-refractivity contribution < 1.29 is 0 Å². The van der Waals surface area contributed by atoms with Crippen LogP contribution in [0.3, 0.4) is 0 Å². The van der Waals surface area contributed by atoms with Gasteiger partial charge in [0.2, 0.25) is 0 Å². The molecule has 0 atom stereocenters. The molecule has 2 aliphatic rings. The normalized spacial score (nSPS) is 30.8. The molecule has 120 valence electrons. The SMILES string of the molecule is CC1CCC(C2CCC(c3ccc(C#CC#N)cc3)CC2)CC1. The van der Waals surface area contributed by atoms with Crippen LogP contribution in [0.1, 0.15) is 75.3 Å². The van der Waals surface area contributed by atoms with Crippen LogP contribution in [0.2, 0.25) is 0 Å². The molecule has 2 saturated carbocycles. The van der Waals surface area contributed by atoms with E-state index in [0.29, 0.717) is 0 Å². The first-order chi connectivity index (χ1) is 11.3. The Balaban J connectivity index is 1.53. The predicted molar refractivity (Wildman–Crippen MR) is 94.8 cm³/mol. The van der Waals surface area contributed by atoms with E-state index in [2.05, 4.69) is 43.0 Å². The van der Waals surface area contributed by atoms with Crippen molar-refractivity contribution in [1.82, 2.24) is 0 Å². The lowest BCUT2D eigenvalue weighted by atomic mass is 9.68. The molecule has 0 bridgehead atoms. The second-order valence-corrected chi connectivity index (χ2v) is 7.62. The quantitative estimate of drug-likeness (QED) is 0.647. The minimum Gasteiger partial charge on any atom is -0.183 e. The van der Waals surface area contributed by atoms with Gasteiger partial charge in [0.25, 0.3) is 0 Å². The first kappa shape index (κ1) is 16.1. The van der Waals surface area contributed by atoms with E-state index in [1.807, 2.05) is 6.07 Å². The lowest BCUT2D eigenvalue weighted by Gasteiger charge is -2.37. The van der Waals surface area contributed by atoms with Gasteiger partial charge in [0.05, 0.1) is 0 Å². The van der Waals surface area contributed by atoms with Gasteiger partial charge in [0.1, 0.15) is 0 Å². The number of hydrogen-bond donors (Lipinski definition) is 0. The Hall–Kier alpha value is -1.73. The van der Waals surface area contributed by atoms with Crippen molar-refractivity contribution in [2.45, 2.75) is 64.2 Å². The van der Waals surface area contributed by atoms with Crippen molar-refractivity contribution in [1.29, 1.82) is 5.26 Å². The molecule has 3 rings (SSSR count). The van der Waals surface area contributed by atoms with E-state index in [4.69, 9.17) is 5.26 Å². The summed E-state index contributed by atoms with van der Waals surface area (Å²) in [4.78, 5) is 0. The van der Waals surface area contributed by atoms with Crippen molar-refractivity contribution in [3.05, 3.63) is 35.4 Å². The Kier molecular flexibility index (Phi) is 5.40. The minimum absolute atomic E-state index is 0.728. The molecule has 1 aromatic rings. The minimum atomic E-state index is 0.728. The van der Waals surface area contributed by atoms with Crippen molar-refractivity contribution >= 4 is 0 Å². The molecule has 0 spiro atoms. The second kappa shape index (κ2) is 7.70. The molecule has 2 fully saturated rings. The highest BCUT2D eigenvalue weighted by Gasteiger charge is 2.30. The molecule has 0 heterocycles. The second-order valence-electron chi connectivity index (χ2n) is 7.62. The van der Waals surface area contributed by atoms with Gasteiger partial charge < -0.3 is 0 Å². The molecule has 0 amide bonds. The molecule has 1 aromatic carbocycles. The average Bonchev–Trinajstić information content (AvgIpc) is 2.61. The van der Waals surface area contributed by atoms with Crippen molar-refractivity contribution in [3.63, 3.8) is 0 Å². The molecule has 0 N–H and O–H groups in total.